The molecule has 1 N–H and O–H groups in total. The molecule has 0 spiro atoms. The van der Waals surface area contributed by atoms with Gasteiger partial charge in [-0.05, 0) is 60.8 Å². The van der Waals surface area contributed by atoms with Crippen LogP contribution in [0.1, 0.15) is 17.0 Å². The Morgan fingerprint density at radius 3 is 2.09 bits per heavy atom. The van der Waals surface area contributed by atoms with Crippen molar-refractivity contribution in [2.75, 3.05) is 4.90 Å². The lowest BCUT2D eigenvalue weighted by Gasteiger charge is -2.25. The number of rotatable bonds is 7. The van der Waals surface area contributed by atoms with E-state index in [0.717, 1.165) is 33.4 Å². The van der Waals surface area contributed by atoms with Crippen LogP contribution in [0.15, 0.2) is 114 Å². The molecule has 0 atom stereocenters. The van der Waals surface area contributed by atoms with Gasteiger partial charge in [-0.2, -0.15) is 0 Å². The minimum atomic E-state index is 0.100. The Hall–Kier alpha value is -4.58. The first-order valence-electron chi connectivity index (χ1n) is 11.5. The van der Waals surface area contributed by atoms with E-state index in [9.17, 15) is 5.11 Å². The number of aromatic nitrogens is 2. The van der Waals surface area contributed by atoms with Crippen LogP contribution in [0.5, 0.6) is 5.75 Å². The van der Waals surface area contributed by atoms with E-state index < -0.39 is 0 Å². The maximum absolute atomic E-state index is 10.6. The highest BCUT2D eigenvalue weighted by Crippen LogP contribution is 2.38. The highest BCUT2D eigenvalue weighted by Gasteiger charge is 2.14. The predicted octanol–water partition coefficient (Wildman–Crippen LogP) is 7.27. The summed E-state index contributed by atoms with van der Waals surface area (Å²) in [7, 11) is 0. The van der Waals surface area contributed by atoms with Gasteiger partial charge >= 0.3 is 0 Å². The lowest BCUT2D eigenvalue weighted by molar-refractivity contribution is 0.477. The molecule has 5 aromatic rings. The average Bonchev–Trinajstić information content (AvgIpc) is 2.89. The van der Waals surface area contributed by atoms with E-state index in [1.54, 1.807) is 18.5 Å². The molecule has 0 bridgehead atoms. The molecule has 0 unspecified atom stereocenters. The smallest absolute Gasteiger partial charge is 0.143 e. The van der Waals surface area contributed by atoms with E-state index in [4.69, 9.17) is 0 Å². The van der Waals surface area contributed by atoms with Crippen LogP contribution in [0.4, 0.5) is 17.1 Å². The van der Waals surface area contributed by atoms with Crippen LogP contribution < -0.4 is 4.90 Å². The molecule has 172 valence electrons. The van der Waals surface area contributed by atoms with Crippen molar-refractivity contribution >= 4 is 27.8 Å². The van der Waals surface area contributed by atoms with Crippen molar-refractivity contribution in [1.82, 2.24) is 9.97 Å². The van der Waals surface area contributed by atoms with Gasteiger partial charge in [-0.15, -0.1) is 10.2 Å². The molecule has 2 heterocycles. The zero-order valence-electron chi connectivity index (χ0n) is 19.4. The molecule has 6 nitrogen and oxygen atoms in total. The Balaban J connectivity index is 1.55. The first-order valence-corrected chi connectivity index (χ1v) is 11.5. The Morgan fingerprint density at radius 1 is 0.743 bits per heavy atom. The lowest BCUT2D eigenvalue weighted by atomic mass is 10.1. The number of nitrogens with zero attached hydrogens (tertiary/aromatic N) is 5. The number of phenols is 1. The van der Waals surface area contributed by atoms with Gasteiger partial charge in [0.05, 0.1) is 30.2 Å². The third-order valence-electron chi connectivity index (χ3n) is 5.77. The van der Waals surface area contributed by atoms with Crippen molar-refractivity contribution in [3.63, 3.8) is 0 Å². The lowest BCUT2D eigenvalue weighted by Crippen LogP contribution is -2.23. The summed E-state index contributed by atoms with van der Waals surface area (Å²) in [5, 5.41) is 21.6. The number of para-hydroxylation sites is 1. The van der Waals surface area contributed by atoms with Gasteiger partial charge in [-0.1, -0.05) is 48.0 Å². The number of anilines is 1. The number of azo groups is 1. The van der Waals surface area contributed by atoms with Gasteiger partial charge in [0, 0.05) is 17.8 Å². The third-order valence-corrected chi connectivity index (χ3v) is 5.77. The molecule has 6 heteroatoms. The fraction of sp³-hybridized carbons (Fsp3) is 0.103. The van der Waals surface area contributed by atoms with E-state index >= 15 is 0 Å². The van der Waals surface area contributed by atoms with Crippen molar-refractivity contribution in [2.45, 2.75) is 20.0 Å². The van der Waals surface area contributed by atoms with E-state index in [1.165, 1.54) is 0 Å². The Morgan fingerprint density at radius 2 is 1.40 bits per heavy atom. The molecule has 0 saturated carbocycles. The summed E-state index contributed by atoms with van der Waals surface area (Å²) in [6.45, 7) is 3.19. The van der Waals surface area contributed by atoms with Crippen LogP contribution in [0.25, 0.3) is 10.8 Å². The van der Waals surface area contributed by atoms with E-state index in [-0.39, 0.29) is 5.75 Å². The number of hydrogen-bond acceptors (Lipinski definition) is 6. The topological polar surface area (TPSA) is 74.0 Å². The summed E-state index contributed by atoms with van der Waals surface area (Å²) in [6, 6.07) is 29.3. The Labute approximate surface area is 204 Å². The fourth-order valence-electron chi connectivity index (χ4n) is 4.03. The summed E-state index contributed by atoms with van der Waals surface area (Å²) in [6.07, 6.45) is 3.59. The molecule has 0 radical (unpaired) electrons. The number of hydrogen-bond donors (Lipinski definition) is 1. The Kier molecular flexibility index (Phi) is 6.44. The van der Waals surface area contributed by atoms with Crippen molar-refractivity contribution < 1.29 is 5.11 Å². The van der Waals surface area contributed by atoms with Gasteiger partial charge in [-0.3, -0.25) is 9.97 Å². The summed E-state index contributed by atoms with van der Waals surface area (Å²) < 4.78 is 0. The van der Waals surface area contributed by atoms with Crippen LogP contribution in [-0.4, -0.2) is 15.1 Å². The second-order valence-corrected chi connectivity index (χ2v) is 8.34. The second-order valence-electron chi connectivity index (χ2n) is 8.34. The van der Waals surface area contributed by atoms with Crippen LogP contribution in [0, 0.1) is 6.92 Å². The van der Waals surface area contributed by atoms with Crippen LogP contribution >= 0.6 is 0 Å². The maximum atomic E-state index is 10.6. The molecule has 3 aromatic carbocycles. The van der Waals surface area contributed by atoms with Crippen molar-refractivity contribution in [3.8, 4) is 5.75 Å². The van der Waals surface area contributed by atoms with Crippen LogP contribution in [0.3, 0.4) is 0 Å². The van der Waals surface area contributed by atoms with Gasteiger partial charge in [-0.25, -0.2) is 0 Å². The van der Waals surface area contributed by atoms with Gasteiger partial charge in [0.15, 0.2) is 0 Å². The van der Waals surface area contributed by atoms with Gasteiger partial charge in [0.25, 0.3) is 0 Å². The first-order chi connectivity index (χ1) is 17.2. The van der Waals surface area contributed by atoms with Gasteiger partial charge in [0.2, 0.25) is 0 Å². The number of pyridine rings is 2. The van der Waals surface area contributed by atoms with Crippen LogP contribution in [-0.2, 0) is 13.1 Å². The van der Waals surface area contributed by atoms with Crippen molar-refractivity contribution in [2.24, 2.45) is 10.2 Å². The Bertz CT molecular complexity index is 1420. The fourth-order valence-corrected chi connectivity index (χ4v) is 4.03. The average molecular weight is 460 g/mol. The van der Waals surface area contributed by atoms with Crippen LogP contribution in [0.2, 0.25) is 0 Å². The minimum absolute atomic E-state index is 0.100. The first kappa shape index (κ1) is 22.2. The number of benzene rings is 3. The molecule has 2 aromatic heterocycles. The van der Waals surface area contributed by atoms with Gasteiger partial charge < -0.3 is 10.0 Å². The summed E-state index contributed by atoms with van der Waals surface area (Å²) in [4.78, 5) is 11.2. The van der Waals surface area contributed by atoms with E-state index in [2.05, 4.69) is 25.1 Å². The zero-order chi connectivity index (χ0) is 24.0. The standard InChI is InChI=1S/C29H25N5O/c1-21-12-13-22-14-15-28(35)29(25(22)18-21)33-32-26-10-2-3-11-27(26)34(19-23-8-4-6-16-30-23)20-24-9-5-7-17-31-24/h2-18,35H,19-20H2,1H3. The number of aryl methyl sites for hydroxylation is 1. The highest BCUT2D eigenvalue weighted by molar-refractivity contribution is 5.95. The molecule has 0 fully saturated rings. The van der Waals surface area contributed by atoms with Crippen molar-refractivity contribution in [3.05, 3.63) is 120 Å². The molecule has 5 rings (SSSR count). The molecule has 0 aliphatic rings. The molecule has 0 amide bonds. The normalized spacial score (nSPS) is 11.2. The number of fused-ring (bicyclic) bond motifs is 1. The second kappa shape index (κ2) is 10.1. The zero-order valence-corrected chi connectivity index (χ0v) is 19.4. The number of aromatic hydroxyl groups is 1. The maximum Gasteiger partial charge on any atom is 0.143 e. The highest BCUT2D eigenvalue weighted by atomic mass is 16.3. The summed E-state index contributed by atoms with van der Waals surface area (Å²) >= 11 is 0. The predicted molar refractivity (Wildman–Crippen MR) is 139 cm³/mol. The largest absolute Gasteiger partial charge is 0.506 e. The van der Waals surface area contributed by atoms with Gasteiger partial charge in [0.1, 0.15) is 17.1 Å². The molecular weight excluding hydrogens is 434 g/mol. The summed E-state index contributed by atoms with van der Waals surface area (Å²) in [5.41, 5.74) is 5.04. The SMILES string of the molecule is Cc1ccc2ccc(O)c(N=Nc3ccccc3N(Cc3ccccn3)Cc3ccccn3)c2c1. The molecule has 0 aliphatic carbocycles. The quantitative estimate of drug-likeness (QED) is 0.260. The van der Waals surface area contributed by atoms with E-state index in [0.29, 0.717) is 24.5 Å². The third kappa shape index (κ3) is 5.17. The molecular formula is C29H25N5O. The number of phenolic OH excluding ortho intramolecular Hbond substituents is 1. The monoisotopic (exact) mass is 459 g/mol. The molecule has 0 aliphatic heterocycles. The minimum Gasteiger partial charge on any atom is -0.506 e. The van der Waals surface area contributed by atoms with Crippen molar-refractivity contribution in [1.29, 1.82) is 0 Å². The molecule has 35 heavy (non-hydrogen) atoms. The van der Waals surface area contributed by atoms with E-state index in [1.807, 2.05) is 91.9 Å². The summed E-state index contributed by atoms with van der Waals surface area (Å²) in [5.74, 6) is 0.100. The molecule has 0 saturated heterocycles.